The van der Waals surface area contributed by atoms with Crippen LogP contribution in [0.5, 0.6) is 0 Å². The number of furan rings is 1. The van der Waals surface area contributed by atoms with Crippen molar-refractivity contribution in [2.24, 2.45) is 0 Å². The Kier molecular flexibility index (Phi) is 9.33. The molecule has 1 aliphatic carbocycles. The van der Waals surface area contributed by atoms with Crippen LogP contribution in [0.3, 0.4) is 0 Å². The van der Waals surface area contributed by atoms with E-state index in [0.717, 1.165) is 50.1 Å². The summed E-state index contributed by atoms with van der Waals surface area (Å²) < 4.78 is 8.83. The van der Waals surface area contributed by atoms with Crippen LogP contribution in [-0.4, -0.2) is 0 Å². The molecule has 0 saturated carbocycles. The van der Waals surface area contributed by atoms with Gasteiger partial charge in [-0.15, -0.1) is 11.3 Å². The van der Waals surface area contributed by atoms with E-state index in [1.54, 1.807) is 0 Å². The maximum Gasteiger partial charge on any atom is 0.135 e. The average Bonchev–Trinajstić information content (AvgIpc) is 4.11. The second-order valence-electron chi connectivity index (χ2n) is 18.4. The van der Waals surface area contributed by atoms with Crippen molar-refractivity contribution >= 4 is 70.5 Å². The Bertz CT molecular complexity index is 4060. The van der Waals surface area contributed by atoms with E-state index in [-0.39, 0.29) is 0 Å². The Labute approximate surface area is 410 Å². The van der Waals surface area contributed by atoms with Gasteiger partial charge in [0.05, 0.1) is 5.41 Å². The number of nitrogens with zero attached hydrogens (tertiary/aromatic N) is 1. The van der Waals surface area contributed by atoms with E-state index >= 15 is 0 Å². The molecule has 0 unspecified atom stereocenters. The topological polar surface area (TPSA) is 16.4 Å². The number of benzene rings is 11. The molecule has 0 spiro atoms. The molecule has 3 heteroatoms. The summed E-state index contributed by atoms with van der Waals surface area (Å²) in [6, 6.07) is 95.5. The van der Waals surface area contributed by atoms with Gasteiger partial charge < -0.3 is 9.32 Å². The predicted octanol–water partition coefficient (Wildman–Crippen LogP) is 18.8. The lowest BCUT2D eigenvalue weighted by molar-refractivity contribution is 0.669. The first-order valence-corrected chi connectivity index (χ1v) is 24.8. The fourth-order valence-corrected chi connectivity index (χ4v) is 12.6. The number of hydrogen-bond donors (Lipinski definition) is 0. The van der Waals surface area contributed by atoms with Crippen LogP contribution < -0.4 is 4.90 Å². The summed E-state index contributed by atoms with van der Waals surface area (Å²) in [7, 11) is 0. The second-order valence-corrected chi connectivity index (χ2v) is 19.4. The molecule has 1 aliphatic rings. The molecular formula is C67H43NOS. The first kappa shape index (κ1) is 40.3. The summed E-state index contributed by atoms with van der Waals surface area (Å²) in [5.74, 6) is 0. The molecule has 11 aromatic carbocycles. The van der Waals surface area contributed by atoms with Crippen molar-refractivity contribution in [2.45, 2.75) is 5.41 Å². The highest BCUT2D eigenvalue weighted by molar-refractivity contribution is 7.26. The van der Waals surface area contributed by atoms with Gasteiger partial charge in [0.15, 0.2) is 0 Å². The molecule has 0 saturated heterocycles. The van der Waals surface area contributed by atoms with E-state index in [9.17, 15) is 0 Å². The maximum absolute atomic E-state index is 6.18. The van der Waals surface area contributed by atoms with Crippen LogP contribution in [0.4, 0.5) is 17.1 Å². The Balaban J connectivity index is 0.871. The fourth-order valence-electron chi connectivity index (χ4n) is 11.4. The van der Waals surface area contributed by atoms with Crippen molar-refractivity contribution in [1.29, 1.82) is 0 Å². The van der Waals surface area contributed by atoms with Crippen LogP contribution in [0.25, 0.3) is 86.6 Å². The SMILES string of the molecule is c1ccc(C2(c3ccc(N(c4ccc(-c5cccc(-c6cccc7c6sc6ccccc67)c5)cc4)c4ccc(-c5ccc6oc7ccccc7c6c5)cc4)cc3)c3ccccc3-c3ccccc32)cc1. The number of anilines is 3. The molecule has 0 fully saturated rings. The minimum absolute atomic E-state index is 0.473. The highest BCUT2D eigenvalue weighted by Crippen LogP contribution is 2.56. The number of hydrogen-bond acceptors (Lipinski definition) is 3. The van der Waals surface area contributed by atoms with Gasteiger partial charge in [-0.05, 0) is 133 Å². The van der Waals surface area contributed by atoms with Crippen LogP contribution in [-0.2, 0) is 5.41 Å². The largest absolute Gasteiger partial charge is 0.456 e. The van der Waals surface area contributed by atoms with Gasteiger partial charge in [0.2, 0.25) is 0 Å². The Morgan fingerprint density at radius 2 is 0.814 bits per heavy atom. The van der Waals surface area contributed by atoms with E-state index in [1.165, 1.54) is 75.8 Å². The molecule has 2 heterocycles. The fraction of sp³-hybridized carbons (Fsp3) is 0.0149. The van der Waals surface area contributed by atoms with Crippen molar-refractivity contribution in [3.05, 3.63) is 283 Å². The zero-order chi connectivity index (χ0) is 46.2. The quantitative estimate of drug-likeness (QED) is 0.151. The van der Waals surface area contributed by atoms with Crippen molar-refractivity contribution in [2.75, 3.05) is 4.90 Å². The van der Waals surface area contributed by atoms with Crippen LogP contribution >= 0.6 is 11.3 Å². The Morgan fingerprint density at radius 3 is 1.53 bits per heavy atom. The maximum atomic E-state index is 6.18. The third kappa shape index (κ3) is 6.32. The molecule has 0 atom stereocenters. The Hall–Kier alpha value is -8.76. The molecule has 0 aliphatic heterocycles. The van der Waals surface area contributed by atoms with Gasteiger partial charge in [0.25, 0.3) is 0 Å². The lowest BCUT2D eigenvalue weighted by Gasteiger charge is -2.34. The normalized spacial score (nSPS) is 12.7. The molecule has 70 heavy (non-hydrogen) atoms. The Morgan fingerprint density at radius 1 is 0.314 bits per heavy atom. The van der Waals surface area contributed by atoms with Crippen molar-refractivity contribution in [1.82, 2.24) is 0 Å². The summed E-state index contributed by atoms with van der Waals surface area (Å²) in [6.45, 7) is 0. The van der Waals surface area contributed by atoms with Gasteiger partial charge in [0.1, 0.15) is 11.2 Å². The molecule has 328 valence electrons. The number of thiophene rings is 1. The summed E-state index contributed by atoms with van der Waals surface area (Å²) in [4.78, 5) is 2.38. The van der Waals surface area contributed by atoms with Gasteiger partial charge in [-0.1, -0.05) is 194 Å². The third-order valence-electron chi connectivity index (χ3n) is 14.6. The van der Waals surface area contributed by atoms with Gasteiger partial charge in [-0.25, -0.2) is 0 Å². The second kappa shape index (κ2) is 16.2. The van der Waals surface area contributed by atoms with Gasteiger partial charge in [0, 0.05) is 48.0 Å². The molecule has 0 N–H and O–H groups in total. The van der Waals surface area contributed by atoms with Crippen LogP contribution in [0.2, 0.25) is 0 Å². The van der Waals surface area contributed by atoms with Crippen molar-refractivity contribution in [3.8, 4) is 44.5 Å². The smallest absolute Gasteiger partial charge is 0.135 e. The highest BCUT2D eigenvalue weighted by Gasteiger charge is 2.45. The van der Waals surface area contributed by atoms with E-state index in [0.29, 0.717) is 0 Å². The molecular weight excluding hydrogens is 867 g/mol. The summed E-state index contributed by atoms with van der Waals surface area (Å²) >= 11 is 1.88. The zero-order valence-corrected chi connectivity index (χ0v) is 38.9. The molecule has 13 aromatic rings. The van der Waals surface area contributed by atoms with E-state index in [1.807, 2.05) is 23.5 Å². The molecule has 0 radical (unpaired) electrons. The van der Waals surface area contributed by atoms with Gasteiger partial charge >= 0.3 is 0 Å². The van der Waals surface area contributed by atoms with E-state index in [2.05, 4.69) is 254 Å². The lowest BCUT2D eigenvalue weighted by Crippen LogP contribution is -2.28. The molecule has 2 aromatic heterocycles. The van der Waals surface area contributed by atoms with Crippen LogP contribution in [0.1, 0.15) is 22.3 Å². The summed E-state index contributed by atoms with van der Waals surface area (Å²) in [5, 5.41) is 4.89. The first-order chi connectivity index (χ1) is 34.7. The monoisotopic (exact) mass is 909 g/mol. The molecule has 0 bridgehead atoms. The number of para-hydroxylation sites is 1. The minimum atomic E-state index is -0.473. The predicted molar refractivity (Wildman–Crippen MR) is 295 cm³/mol. The average molecular weight is 910 g/mol. The summed E-state index contributed by atoms with van der Waals surface area (Å²) in [6.07, 6.45) is 0. The van der Waals surface area contributed by atoms with E-state index in [4.69, 9.17) is 4.42 Å². The molecule has 2 nitrogen and oxygen atoms in total. The standard InChI is InChI=1S/C67H43NOS/c1-2-16-49(17-3-1)67(61-24-8-4-18-55(61)56-19-5-9-25-62(56)67)50-33-39-53(40-34-50)68(52-37-30-45(31-38-52)47-32-41-64-60(43-47)57-20-6-10-26-63(57)69-64)51-35-28-44(29-36-51)46-14-12-15-48(42-46)54-22-13-23-59-58-21-7-11-27-65(58)70-66(54)59/h1-43H. The lowest BCUT2D eigenvalue weighted by atomic mass is 9.68. The van der Waals surface area contributed by atoms with Crippen molar-refractivity contribution in [3.63, 3.8) is 0 Å². The third-order valence-corrected chi connectivity index (χ3v) is 15.8. The first-order valence-electron chi connectivity index (χ1n) is 24.0. The minimum Gasteiger partial charge on any atom is -0.456 e. The zero-order valence-electron chi connectivity index (χ0n) is 38.1. The molecule has 0 amide bonds. The van der Waals surface area contributed by atoms with Crippen molar-refractivity contribution < 1.29 is 4.42 Å². The number of fused-ring (bicyclic) bond motifs is 9. The molecule has 14 rings (SSSR count). The number of rotatable bonds is 8. The summed E-state index contributed by atoms with van der Waals surface area (Å²) in [5.41, 5.74) is 19.4. The highest BCUT2D eigenvalue weighted by atomic mass is 32.1. The van der Waals surface area contributed by atoms with Gasteiger partial charge in [-0.2, -0.15) is 0 Å². The van der Waals surface area contributed by atoms with Gasteiger partial charge in [-0.3, -0.25) is 0 Å². The van der Waals surface area contributed by atoms with Crippen LogP contribution in [0, 0.1) is 0 Å². The van der Waals surface area contributed by atoms with E-state index < -0.39 is 5.41 Å². The van der Waals surface area contributed by atoms with Crippen LogP contribution in [0.15, 0.2) is 265 Å².